The Bertz CT molecular complexity index is 285. The summed E-state index contributed by atoms with van der Waals surface area (Å²) in [5.74, 6) is -1.50. The van der Waals surface area contributed by atoms with Crippen LogP contribution in [0.2, 0.25) is 0 Å². The molecule has 1 saturated heterocycles. The van der Waals surface area contributed by atoms with Crippen molar-refractivity contribution in [3.8, 4) is 0 Å². The summed E-state index contributed by atoms with van der Waals surface area (Å²) in [6.07, 6.45) is 3.42. The fourth-order valence-corrected chi connectivity index (χ4v) is 2.08. The van der Waals surface area contributed by atoms with Crippen LogP contribution >= 0.6 is 0 Å². The van der Waals surface area contributed by atoms with Gasteiger partial charge in [-0.25, -0.2) is 0 Å². The van der Waals surface area contributed by atoms with E-state index in [4.69, 9.17) is 9.84 Å². The van der Waals surface area contributed by atoms with Crippen LogP contribution in [0.3, 0.4) is 0 Å². The van der Waals surface area contributed by atoms with Gasteiger partial charge in [0.1, 0.15) is 0 Å². The average Bonchev–Trinajstić information content (AvgIpc) is 2.29. The molecule has 0 aliphatic carbocycles. The lowest BCUT2D eigenvalue weighted by molar-refractivity contribution is -0.143. The van der Waals surface area contributed by atoms with Crippen LogP contribution in [0.4, 0.5) is 0 Å². The molecule has 1 rings (SSSR count). The van der Waals surface area contributed by atoms with E-state index in [2.05, 4.69) is 5.32 Å². The van der Waals surface area contributed by atoms with Crippen molar-refractivity contribution in [1.82, 2.24) is 5.32 Å². The van der Waals surface area contributed by atoms with Gasteiger partial charge in [-0.15, -0.1) is 0 Å². The van der Waals surface area contributed by atoms with Gasteiger partial charge in [0.25, 0.3) is 0 Å². The van der Waals surface area contributed by atoms with Crippen LogP contribution in [0.5, 0.6) is 0 Å². The number of nitrogens with one attached hydrogen (secondary N) is 1. The largest absolute Gasteiger partial charge is 0.481 e. The molecule has 1 amide bonds. The lowest BCUT2D eigenvalue weighted by Crippen LogP contribution is -2.37. The fourth-order valence-electron chi connectivity index (χ4n) is 2.08. The molecule has 2 atom stereocenters. The summed E-state index contributed by atoms with van der Waals surface area (Å²) >= 11 is 0. The zero-order chi connectivity index (χ0) is 13.5. The number of amides is 1. The van der Waals surface area contributed by atoms with E-state index < -0.39 is 11.9 Å². The first-order valence-corrected chi connectivity index (χ1v) is 6.61. The third kappa shape index (κ3) is 5.04. The maximum Gasteiger partial charge on any atom is 0.308 e. The standard InChI is InChI=1S/C13H23NO4/c1-9(2)11(13(16)17)8-14-12(15)7-10-5-3-4-6-18-10/h9-11H,3-8H2,1-2H3,(H,14,15)(H,16,17). The second-order valence-corrected chi connectivity index (χ2v) is 5.19. The Morgan fingerprint density at radius 1 is 1.39 bits per heavy atom. The van der Waals surface area contributed by atoms with E-state index in [1.54, 1.807) is 0 Å². The predicted molar refractivity (Wildman–Crippen MR) is 67.2 cm³/mol. The maximum atomic E-state index is 11.7. The molecule has 0 aromatic rings. The molecule has 5 heteroatoms. The summed E-state index contributed by atoms with van der Waals surface area (Å²) in [4.78, 5) is 22.6. The first-order valence-electron chi connectivity index (χ1n) is 6.61. The van der Waals surface area contributed by atoms with E-state index in [-0.39, 0.29) is 24.5 Å². The minimum atomic E-state index is -0.862. The average molecular weight is 257 g/mol. The monoisotopic (exact) mass is 257 g/mol. The molecule has 1 aliphatic heterocycles. The molecule has 0 aromatic carbocycles. The van der Waals surface area contributed by atoms with Crippen LogP contribution in [0.1, 0.15) is 39.5 Å². The molecule has 0 saturated carbocycles. The molecule has 0 bridgehead atoms. The summed E-state index contributed by atoms with van der Waals surface area (Å²) < 4.78 is 5.47. The predicted octanol–water partition coefficient (Wildman–Crippen LogP) is 1.42. The van der Waals surface area contributed by atoms with Crippen LogP contribution in [0, 0.1) is 11.8 Å². The number of carboxylic acids is 1. The number of hydrogen-bond donors (Lipinski definition) is 2. The van der Waals surface area contributed by atoms with Gasteiger partial charge in [-0.2, -0.15) is 0 Å². The smallest absolute Gasteiger partial charge is 0.308 e. The summed E-state index contributed by atoms with van der Waals surface area (Å²) in [5.41, 5.74) is 0. The molecule has 1 heterocycles. The van der Waals surface area contributed by atoms with Crippen molar-refractivity contribution in [2.45, 2.75) is 45.6 Å². The second-order valence-electron chi connectivity index (χ2n) is 5.19. The molecule has 18 heavy (non-hydrogen) atoms. The summed E-state index contributed by atoms with van der Waals surface area (Å²) in [6, 6.07) is 0. The molecular weight excluding hydrogens is 234 g/mol. The Balaban J connectivity index is 2.28. The van der Waals surface area contributed by atoms with E-state index in [9.17, 15) is 9.59 Å². The molecule has 0 radical (unpaired) electrons. The Morgan fingerprint density at radius 3 is 2.61 bits per heavy atom. The maximum absolute atomic E-state index is 11.7. The SMILES string of the molecule is CC(C)C(CNC(=O)CC1CCCCO1)C(=O)O. The van der Waals surface area contributed by atoms with Crippen molar-refractivity contribution in [1.29, 1.82) is 0 Å². The summed E-state index contributed by atoms with van der Waals surface area (Å²) in [7, 11) is 0. The van der Waals surface area contributed by atoms with Crippen LogP contribution < -0.4 is 5.32 Å². The van der Waals surface area contributed by atoms with Crippen LogP contribution in [0.15, 0.2) is 0 Å². The zero-order valence-electron chi connectivity index (χ0n) is 11.1. The number of ether oxygens (including phenoxy) is 1. The van der Waals surface area contributed by atoms with Crippen molar-refractivity contribution < 1.29 is 19.4 Å². The van der Waals surface area contributed by atoms with Crippen molar-refractivity contribution in [3.63, 3.8) is 0 Å². The minimum Gasteiger partial charge on any atom is -0.481 e. The van der Waals surface area contributed by atoms with Gasteiger partial charge in [-0.05, 0) is 25.2 Å². The zero-order valence-corrected chi connectivity index (χ0v) is 11.1. The Hall–Kier alpha value is -1.10. The van der Waals surface area contributed by atoms with E-state index in [0.29, 0.717) is 6.42 Å². The number of rotatable bonds is 6. The molecule has 5 nitrogen and oxygen atoms in total. The van der Waals surface area contributed by atoms with Crippen molar-refractivity contribution in [3.05, 3.63) is 0 Å². The first kappa shape index (κ1) is 15.0. The van der Waals surface area contributed by atoms with Gasteiger partial charge in [-0.3, -0.25) is 9.59 Å². The number of aliphatic carboxylic acids is 1. The van der Waals surface area contributed by atoms with Gasteiger partial charge >= 0.3 is 5.97 Å². The van der Waals surface area contributed by atoms with E-state index >= 15 is 0 Å². The van der Waals surface area contributed by atoms with Crippen LogP contribution in [-0.4, -0.2) is 36.2 Å². The summed E-state index contributed by atoms with van der Waals surface area (Å²) in [6.45, 7) is 4.60. The third-order valence-corrected chi connectivity index (χ3v) is 3.33. The van der Waals surface area contributed by atoms with Gasteiger partial charge in [0.15, 0.2) is 0 Å². The molecular formula is C13H23NO4. The lowest BCUT2D eigenvalue weighted by atomic mass is 9.96. The molecule has 2 unspecified atom stereocenters. The van der Waals surface area contributed by atoms with Gasteiger partial charge in [0.2, 0.25) is 5.91 Å². The van der Waals surface area contributed by atoms with Gasteiger partial charge in [-0.1, -0.05) is 13.8 Å². The van der Waals surface area contributed by atoms with E-state index in [1.165, 1.54) is 0 Å². The summed E-state index contributed by atoms with van der Waals surface area (Å²) in [5, 5.41) is 11.7. The van der Waals surface area contributed by atoms with Gasteiger partial charge in [0, 0.05) is 13.2 Å². The molecule has 1 aliphatic rings. The van der Waals surface area contributed by atoms with Crippen LogP contribution in [0.25, 0.3) is 0 Å². The number of carbonyl (C=O) groups is 2. The van der Waals surface area contributed by atoms with E-state index in [0.717, 1.165) is 25.9 Å². The normalized spacial score (nSPS) is 21.6. The first-order chi connectivity index (χ1) is 8.50. The highest BCUT2D eigenvalue weighted by Crippen LogP contribution is 2.15. The Labute approximate surface area is 108 Å². The minimum absolute atomic E-state index is 0.000998. The fraction of sp³-hybridized carbons (Fsp3) is 0.846. The molecule has 0 aromatic heterocycles. The highest BCUT2D eigenvalue weighted by Gasteiger charge is 2.23. The topological polar surface area (TPSA) is 75.6 Å². The van der Waals surface area contributed by atoms with Crippen LogP contribution in [-0.2, 0) is 14.3 Å². The molecule has 0 spiro atoms. The molecule has 104 valence electrons. The van der Waals surface area contributed by atoms with Gasteiger partial charge in [0.05, 0.1) is 18.4 Å². The van der Waals surface area contributed by atoms with Crippen molar-refractivity contribution in [2.24, 2.45) is 11.8 Å². The van der Waals surface area contributed by atoms with E-state index in [1.807, 2.05) is 13.8 Å². The quantitative estimate of drug-likeness (QED) is 0.754. The van der Waals surface area contributed by atoms with Crippen molar-refractivity contribution >= 4 is 11.9 Å². The highest BCUT2D eigenvalue weighted by atomic mass is 16.5. The third-order valence-electron chi connectivity index (χ3n) is 3.33. The number of carboxylic acid groups (broad SMARTS) is 1. The number of carbonyl (C=O) groups excluding carboxylic acids is 1. The highest BCUT2D eigenvalue weighted by molar-refractivity contribution is 5.77. The van der Waals surface area contributed by atoms with Crippen molar-refractivity contribution in [2.75, 3.05) is 13.2 Å². The Morgan fingerprint density at radius 2 is 2.11 bits per heavy atom. The Kier molecular flexibility index (Phi) is 6.12. The van der Waals surface area contributed by atoms with Gasteiger partial charge < -0.3 is 15.2 Å². The molecule has 1 fully saturated rings. The number of hydrogen-bond acceptors (Lipinski definition) is 3. The second kappa shape index (κ2) is 7.36. The molecule has 2 N–H and O–H groups in total. The lowest BCUT2D eigenvalue weighted by Gasteiger charge is -2.22.